The number of anilines is 1. The number of carbonyl (C=O) groups is 2. The predicted molar refractivity (Wildman–Crippen MR) is 144 cm³/mol. The minimum Gasteiger partial charge on any atom is -0.492 e. The van der Waals surface area contributed by atoms with Crippen molar-refractivity contribution in [3.8, 4) is 11.5 Å². The van der Waals surface area contributed by atoms with Crippen LogP contribution in [0.5, 0.6) is 11.5 Å². The number of nitrogens with zero attached hydrogens (tertiary/aromatic N) is 2. The topological polar surface area (TPSA) is 84.2 Å². The van der Waals surface area contributed by atoms with Gasteiger partial charge in [0.1, 0.15) is 23.7 Å². The van der Waals surface area contributed by atoms with E-state index in [0.717, 1.165) is 28.3 Å². The molecule has 1 aliphatic rings. The average molecular weight is 522 g/mol. The molecule has 1 atom stereocenters. The molecule has 8 nitrogen and oxygen atoms in total. The molecule has 4 aromatic rings. The fourth-order valence-electron chi connectivity index (χ4n) is 4.66. The number of ether oxygens (including phenoxy) is 2. The van der Waals surface area contributed by atoms with Crippen LogP contribution in [-0.4, -0.2) is 63.6 Å². The van der Waals surface area contributed by atoms with Crippen molar-refractivity contribution in [2.45, 2.75) is 5.92 Å². The average Bonchev–Trinajstić information content (AvgIpc) is 3.49. The minimum absolute atomic E-state index is 0.0827. The van der Waals surface area contributed by atoms with Gasteiger partial charge in [0.15, 0.2) is 5.76 Å². The molecule has 2 amide bonds. The summed E-state index contributed by atoms with van der Waals surface area (Å²) in [5, 5.41) is 4.92. The number of hydrogen-bond acceptors (Lipinski definition) is 6. The van der Waals surface area contributed by atoms with Crippen LogP contribution in [0.4, 0.5) is 10.5 Å². The molecule has 2 heterocycles. The molecule has 0 radical (unpaired) electrons. The van der Waals surface area contributed by atoms with E-state index >= 15 is 0 Å². The van der Waals surface area contributed by atoms with E-state index in [1.54, 1.807) is 23.1 Å². The zero-order chi connectivity index (χ0) is 26.1. The van der Waals surface area contributed by atoms with E-state index in [0.29, 0.717) is 41.8 Å². The number of alkyl halides is 1. The Hall–Kier alpha value is -3.75. The van der Waals surface area contributed by atoms with Crippen molar-refractivity contribution in [2.24, 2.45) is 0 Å². The summed E-state index contributed by atoms with van der Waals surface area (Å²) in [6, 6.07) is 16.6. The van der Waals surface area contributed by atoms with Crippen molar-refractivity contribution in [2.75, 3.05) is 51.6 Å². The maximum atomic E-state index is 13.7. The lowest BCUT2D eigenvalue weighted by molar-refractivity contribution is 0.0964. The fourth-order valence-corrected chi connectivity index (χ4v) is 4.91. The Bertz CT molecular complexity index is 1480. The zero-order valence-corrected chi connectivity index (χ0v) is 21.7. The Morgan fingerprint density at radius 1 is 1.14 bits per heavy atom. The second-order valence-corrected chi connectivity index (χ2v) is 9.53. The third kappa shape index (κ3) is 4.82. The highest BCUT2D eigenvalue weighted by atomic mass is 35.5. The molecule has 0 fully saturated rings. The van der Waals surface area contributed by atoms with E-state index in [-0.39, 0.29) is 17.6 Å². The van der Waals surface area contributed by atoms with Crippen LogP contribution in [0.1, 0.15) is 22.0 Å². The molecule has 1 aliphatic heterocycles. The van der Waals surface area contributed by atoms with Crippen LogP contribution in [0.15, 0.2) is 59.0 Å². The number of hydrogen-bond donors (Lipinski definition) is 1. The van der Waals surface area contributed by atoms with Crippen molar-refractivity contribution in [3.63, 3.8) is 0 Å². The maximum Gasteiger partial charge on any atom is 0.412 e. The molecule has 0 saturated carbocycles. The summed E-state index contributed by atoms with van der Waals surface area (Å²) in [7, 11) is 5.47. The van der Waals surface area contributed by atoms with Crippen LogP contribution in [-0.2, 0) is 0 Å². The third-order valence-electron chi connectivity index (χ3n) is 6.47. The fraction of sp³-hybridized carbons (Fsp3) is 0.286. The molecule has 9 heteroatoms. The van der Waals surface area contributed by atoms with Crippen molar-refractivity contribution in [1.82, 2.24) is 10.2 Å². The van der Waals surface area contributed by atoms with E-state index in [2.05, 4.69) is 5.32 Å². The summed E-state index contributed by atoms with van der Waals surface area (Å²) in [6.45, 7) is 1.74. The monoisotopic (exact) mass is 521 g/mol. The number of furan rings is 1. The molecule has 192 valence electrons. The molecule has 3 aromatic carbocycles. The summed E-state index contributed by atoms with van der Waals surface area (Å²) in [6.07, 6.45) is -0.587. The Morgan fingerprint density at radius 3 is 2.65 bits per heavy atom. The van der Waals surface area contributed by atoms with Crippen LogP contribution >= 0.6 is 11.6 Å². The first-order valence-electron chi connectivity index (χ1n) is 12.0. The zero-order valence-electron chi connectivity index (χ0n) is 20.9. The second-order valence-electron chi connectivity index (χ2n) is 9.22. The molecular formula is C28H28ClN3O5. The van der Waals surface area contributed by atoms with Crippen molar-refractivity contribution in [1.29, 1.82) is 0 Å². The Labute approximate surface area is 219 Å². The van der Waals surface area contributed by atoms with Gasteiger partial charge in [0.25, 0.3) is 5.91 Å². The molecule has 0 aliphatic carbocycles. The number of halogens is 1. The van der Waals surface area contributed by atoms with Gasteiger partial charge >= 0.3 is 6.09 Å². The van der Waals surface area contributed by atoms with Crippen molar-refractivity contribution in [3.05, 3.63) is 65.9 Å². The van der Waals surface area contributed by atoms with E-state index < -0.39 is 6.09 Å². The smallest absolute Gasteiger partial charge is 0.412 e. The summed E-state index contributed by atoms with van der Waals surface area (Å²) in [5.74, 6) is 1.26. The highest BCUT2D eigenvalue weighted by Gasteiger charge is 2.36. The van der Waals surface area contributed by atoms with Gasteiger partial charge in [0.2, 0.25) is 0 Å². The normalized spacial score (nSPS) is 14.8. The van der Waals surface area contributed by atoms with Gasteiger partial charge in [-0.1, -0.05) is 24.3 Å². The lowest BCUT2D eigenvalue weighted by Crippen LogP contribution is -2.29. The number of nitrogens with one attached hydrogen (secondary N) is 1. The van der Waals surface area contributed by atoms with E-state index in [1.165, 1.54) is 7.05 Å². The lowest BCUT2D eigenvalue weighted by Gasteiger charge is -2.18. The van der Waals surface area contributed by atoms with Gasteiger partial charge in [-0.25, -0.2) is 4.79 Å². The van der Waals surface area contributed by atoms with E-state index in [1.807, 2.05) is 55.4 Å². The van der Waals surface area contributed by atoms with Crippen molar-refractivity contribution < 1.29 is 23.5 Å². The number of rotatable bonds is 7. The van der Waals surface area contributed by atoms with Crippen LogP contribution in [0.3, 0.4) is 0 Å². The number of amides is 2. The van der Waals surface area contributed by atoms with Crippen molar-refractivity contribution >= 4 is 51.0 Å². The SMILES string of the molecule is CNC(=O)Oc1cc2c(c3ccccc13)[C@H](CCl)CN2C(=O)c1cc2cc(OCCN(C)C)ccc2o1. The second kappa shape index (κ2) is 10.3. The molecule has 1 aromatic heterocycles. The van der Waals surface area contributed by atoms with Gasteiger partial charge in [-0.15, -0.1) is 11.6 Å². The van der Waals surface area contributed by atoms with E-state index in [9.17, 15) is 9.59 Å². The first-order chi connectivity index (χ1) is 17.9. The Kier molecular flexibility index (Phi) is 6.95. The van der Waals surface area contributed by atoms with Crippen LogP contribution in [0.25, 0.3) is 21.7 Å². The van der Waals surface area contributed by atoms with Gasteiger partial charge in [-0.2, -0.15) is 0 Å². The third-order valence-corrected chi connectivity index (χ3v) is 6.84. The molecule has 0 bridgehead atoms. The molecule has 37 heavy (non-hydrogen) atoms. The quantitative estimate of drug-likeness (QED) is 0.335. The summed E-state index contributed by atoms with van der Waals surface area (Å²) >= 11 is 6.37. The minimum atomic E-state index is -0.587. The number of benzene rings is 3. The molecular weight excluding hydrogens is 494 g/mol. The largest absolute Gasteiger partial charge is 0.492 e. The van der Waals surface area contributed by atoms with Gasteiger partial charge < -0.3 is 29.0 Å². The molecule has 0 saturated heterocycles. The summed E-state index contributed by atoms with van der Waals surface area (Å²) in [5.41, 5.74) is 2.20. The van der Waals surface area contributed by atoms with Crippen LogP contribution in [0, 0.1) is 0 Å². The van der Waals surface area contributed by atoms with Crippen LogP contribution < -0.4 is 19.7 Å². The molecule has 1 N–H and O–H groups in total. The molecule has 0 spiro atoms. The molecule has 5 rings (SSSR count). The highest BCUT2D eigenvalue weighted by Crippen LogP contribution is 2.46. The van der Waals surface area contributed by atoms with Gasteiger partial charge in [0, 0.05) is 48.8 Å². The Morgan fingerprint density at radius 2 is 1.92 bits per heavy atom. The number of carbonyl (C=O) groups excluding carboxylic acids is 2. The summed E-state index contributed by atoms with van der Waals surface area (Å²) < 4.78 is 17.3. The Balaban J connectivity index is 1.51. The van der Waals surface area contributed by atoms with Gasteiger partial charge in [-0.3, -0.25) is 4.79 Å². The first kappa shape index (κ1) is 24.9. The molecule has 0 unspecified atom stereocenters. The van der Waals surface area contributed by atoms with Gasteiger partial charge in [-0.05, 0) is 49.3 Å². The lowest BCUT2D eigenvalue weighted by atomic mass is 9.95. The standard InChI is InChI=1S/C28H28ClN3O5/c1-30-28(34)37-24-14-22-26(21-7-5-4-6-20(21)24)18(15-29)16-32(22)27(33)25-13-17-12-19(8-9-23(17)36-25)35-11-10-31(2)3/h4-9,12-14,18H,10-11,15-16H2,1-3H3,(H,30,34)/t18-/m1/s1. The summed E-state index contributed by atoms with van der Waals surface area (Å²) in [4.78, 5) is 29.5. The van der Waals surface area contributed by atoms with Crippen LogP contribution in [0.2, 0.25) is 0 Å². The first-order valence-corrected chi connectivity index (χ1v) is 12.6. The van der Waals surface area contributed by atoms with Gasteiger partial charge in [0.05, 0.1) is 5.69 Å². The number of fused-ring (bicyclic) bond motifs is 4. The number of likely N-dealkylation sites (N-methyl/N-ethyl adjacent to an activating group) is 1. The van der Waals surface area contributed by atoms with E-state index in [4.69, 9.17) is 25.5 Å². The predicted octanol–water partition coefficient (Wildman–Crippen LogP) is 5.23. The maximum absolute atomic E-state index is 13.7. The highest BCUT2D eigenvalue weighted by molar-refractivity contribution is 6.19.